The molecule has 0 saturated heterocycles. The first kappa shape index (κ1) is 11.8. The highest BCUT2D eigenvalue weighted by Gasteiger charge is 2.17. The summed E-state index contributed by atoms with van der Waals surface area (Å²) in [5.74, 6) is -0.420. The van der Waals surface area contributed by atoms with Gasteiger partial charge in [-0.2, -0.15) is 0 Å². The maximum Gasteiger partial charge on any atom is 0.293 e. The lowest BCUT2D eigenvalue weighted by Crippen LogP contribution is -2.14. The summed E-state index contributed by atoms with van der Waals surface area (Å²) in [7, 11) is 0. The summed E-state index contributed by atoms with van der Waals surface area (Å²) in [5, 5.41) is 13.3. The molecule has 0 spiro atoms. The second-order valence-electron chi connectivity index (χ2n) is 3.67. The van der Waals surface area contributed by atoms with Gasteiger partial charge in [0, 0.05) is 18.5 Å². The molecule has 2 aromatic rings. The van der Waals surface area contributed by atoms with Crippen molar-refractivity contribution in [3.63, 3.8) is 0 Å². The molecule has 7 heteroatoms. The molecule has 0 saturated carbocycles. The SMILES string of the molecule is Cc1ccc(NC(=O)c2ncc[nH]2)c([N+](=O)[O-])c1. The zero-order valence-corrected chi connectivity index (χ0v) is 9.51. The van der Waals surface area contributed by atoms with Gasteiger partial charge in [0.15, 0.2) is 5.82 Å². The fourth-order valence-electron chi connectivity index (χ4n) is 1.47. The standard InChI is InChI=1S/C11H10N4O3/c1-7-2-3-8(9(6-7)15(17)18)14-11(16)10-12-4-5-13-10/h2-6H,1H3,(H,12,13)(H,14,16). The average molecular weight is 246 g/mol. The smallest absolute Gasteiger partial charge is 0.293 e. The van der Waals surface area contributed by atoms with E-state index in [1.165, 1.54) is 24.5 Å². The Balaban J connectivity index is 2.29. The first-order valence-corrected chi connectivity index (χ1v) is 5.13. The molecule has 0 fully saturated rings. The number of aromatic amines is 1. The number of hydrogen-bond acceptors (Lipinski definition) is 4. The van der Waals surface area contributed by atoms with Gasteiger partial charge in [0.1, 0.15) is 5.69 Å². The van der Waals surface area contributed by atoms with Crippen LogP contribution in [0.15, 0.2) is 30.6 Å². The average Bonchev–Trinajstić information content (AvgIpc) is 2.84. The number of aryl methyl sites for hydroxylation is 1. The Labute approximate surface area is 102 Å². The molecule has 1 aromatic carbocycles. The molecule has 1 amide bonds. The molecule has 2 rings (SSSR count). The lowest BCUT2D eigenvalue weighted by atomic mass is 10.2. The number of nitrogens with one attached hydrogen (secondary N) is 2. The minimum absolute atomic E-state index is 0.102. The summed E-state index contributed by atoms with van der Waals surface area (Å²) in [4.78, 5) is 28.4. The van der Waals surface area contributed by atoms with E-state index in [0.717, 1.165) is 5.56 Å². The molecule has 1 aromatic heterocycles. The van der Waals surface area contributed by atoms with Crippen molar-refractivity contribution in [2.45, 2.75) is 6.92 Å². The minimum atomic E-state index is -0.537. The van der Waals surface area contributed by atoms with Crippen molar-refractivity contribution in [3.05, 3.63) is 52.1 Å². The van der Waals surface area contributed by atoms with Crippen LogP contribution in [0.2, 0.25) is 0 Å². The van der Waals surface area contributed by atoms with Crippen molar-refractivity contribution in [2.24, 2.45) is 0 Å². The van der Waals surface area contributed by atoms with Crippen LogP contribution < -0.4 is 5.32 Å². The topological polar surface area (TPSA) is 101 Å². The summed E-state index contributed by atoms with van der Waals surface area (Å²) in [6.07, 6.45) is 2.93. The maximum absolute atomic E-state index is 11.7. The van der Waals surface area contributed by atoms with Crippen molar-refractivity contribution < 1.29 is 9.72 Å². The monoisotopic (exact) mass is 246 g/mol. The molecule has 7 nitrogen and oxygen atoms in total. The van der Waals surface area contributed by atoms with Crippen molar-refractivity contribution in [2.75, 3.05) is 5.32 Å². The number of benzene rings is 1. The predicted molar refractivity (Wildman–Crippen MR) is 64.4 cm³/mol. The molecule has 0 aliphatic heterocycles. The highest BCUT2D eigenvalue weighted by atomic mass is 16.6. The van der Waals surface area contributed by atoms with Crippen molar-refractivity contribution in [3.8, 4) is 0 Å². The number of imidazole rings is 1. The van der Waals surface area contributed by atoms with Crippen molar-refractivity contribution in [1.82, 2.24) is 9.97 Å². The third kappa shape index (κ3) is 2.34. The van der Waals surface area contributed by atoms with Crippen molar-refractivity contribution in [1.29, 1.82) is 0 Å². The quantitative estimate of drug-likeness (QED) is 0.637. The van der Waals surface area contributed by atoms with E-state index in [2.05, 4.69) is 15.3 Å². The van der Waals surface area contributed by atoms with Gasteiger partial charge in [-0.25, -0.2) is 4.98 Å². The number of nitrogens with zero attached hydrogens (tertiary/aromatic N) is 2. The van der Waals surface area contributed by atoms with Gasteiger partial charge in [0.2, 0.25) is 0 Å². The number of anilines is 1. The predicted octanol–water partition coefficient (Wildman–Crippen LogP) is 1.88. The number of nitro benzene ring substituents is 1. The fraction of sp³-hybridized carbons (Fsp3) is 0.0909. The molecule has 0 aliphatic carbocycles. The van der Waals surface area contributed by atoms with Gasteiger partial charge in [-0.05, 0) is 18.6 Å². The number of hydrogen-bond donors (Lipinski definition) is 2. The van der Waals surface area contributed by atoms with Crippen LogP contribution in [0.1, 0.15) is 16.2 Å². The molecule has 0 atom stereocenters. The van der Waals surface area contributed by atoms with Gasteiger partial charge >= 0.3 is 0 Å². The van der Waals surface area contributed by atoms with Gasteiger partial charge in [0.25, 0.3) is 11.6 Å². The lowest BCUT2D eigenvalue weighted by Gasteiger charge is -2.04. The molecule has 92 valence electrons. The van der Waals surface area contributed by atoms with Crippen LogP contribution in [0.5, 0.6) is 0 Å². The highest BCUT2D eigenvalue weighted by Crippen LogP contribution is 2.25. The van der Waals surface area contributed by atoms with E-state index in [-0.39, 0.29) is 17.2 Å². The Morgan fingerprint density at radius 1 is 1.50 bits per heavy atom. The Hall–Kier alpha value is -2.70. The number of rotatable bonds is 3. The van der Waals surface area contributed by atoms with Crippen molar-refractivity contribution >= 4 is 17.3 Å². The lowest BCUT2D eigenvalue weighted by molar-refractivity contribution is -0.384. The fourth-order valence-corrected chi connectivity index (χ4v) is 1.47. The van der Waals surface area contributed by atoms with Gasteiger partial charge in [0.05, 0.1) is 4.92 Å². The van der Waals surface area contributed by atoms with E-state index < -0.39 is 10.8 Å². The summed E-state index contributed by atoms with van der Waals surface area (Å²) >= 11 is 0. The zero-order valence-electron chi connectivity index (χ0n) is 9.51. The van der Waals surface area contributed by atoms with Crippen LogP contribution in [-0.2, 0) is 0 Å². The van der Waals surface area contributed by atoms with Gasteiger partial charge in [-0.1, -0.05) is 6.07 Å². The molecule has 0 aliphatic rings. The number of carbonyl (C=O) groups excluding carboxylic acids is 1. The third-order valence-electron chi connectivity index (χ3n) is 2.31. The number of carbonyl (C=O) groups is 1. The second kappa shape index (κ2) is 4.66. The van der Waals surface area contributed by atoms with E-state index in [1.807, 2.05) is 0 Å². The third-order valence-corrected chi connectivity index (χ3v) is 2.31. The van der Waals surface area contributed by atoms with Crippen LogP contribution >= 0.6 is 0 Å². The van der Waals surface area contributed by atoms with E-state index in [9.17, 15) is 14.9 Å². The van der Waals surface area contributed by atoms with E-state index in [0.29, 0.717) is 0 Å². The molecule has 0 unspecified atom stereocenters. The first-order valence-electron chi connectivity index (χ1n) is 5.13. The zero-order chi connectivity index (χ0) is 13.1. The highest BCUT2D eigenvalue weighted by molar-refractivity contribution is 6.02. The molecule has 1 heterocycles. The largest absolute Gasteiger partial charge is 0.341 e. The molecular weight excluding hydrogens is 236 g/mol. The van der Waals surface area contributed by atoms with Crippen LogP contribution in [0, 0.1) is 17.0 Å². The normalized spacial score (nSPS) is 10.1. The maximum atomic E-state index is 11.7. The minimum Gasteiger partial charge on any atom is -0.341 e. The Morgan fingerprint density at radius 2 is 2.28 bits per heavy atom. The van der Waals surface area contributed by atoms with Crippen LogP contribution in [0.3, 0.4) is 0 Å². The van der Waals surface area contributed by atoms with Crippen LogP contribution in [0.25, 0.3) is 0 Å². The number of aromatic nitrogens is 2. The molecular formula is C11H10N4O3. The van der Waals surface area contributed by atoms with Crippen LogP contribution in [-0.4, -0.2) is 20.8 Å². The first-order chi connectivity index (χ1) is 8.58. The van der Waals surface area contributed by atoms with Gasteiger partial charge in [-0.15, -0.1) is 0 Å². The molecule has 0 radical (unpaired) electrons. The van der Waals surface area contributed by atoms with E-state index in [4.69, 9.17) is 0 Å². The number of H-pyrrole nitrogens is 1. The Bertz CT molecular complexity index is 592. The summed E-state index contributed by atoms with van der Waals surface area (Å²) in [6.45, 7) is 1.74. The Kier molecular flexibility index (Phi) is 3.05. The van der Waals surface area contributed by atoms with Gasteiger partial charge < -0.3 is 10.3 Å². The second-order valence-corrected chi connectivity index (χ2v) is 3.67. The van der Waals surface area contributed by atoms with Gasteiger partial charge in [-0.3, -0.25) is 14.9 Å². The summed E-state index contributed by atoms with van der Waals surface area (Å²) < 4.78 is 0. The molecule has 0 bridgehead atoms. The molecule has 18 heavy (non-hydrogen) atoms. The van der Waals surface area contributed by atoms with E-state index >= 15 is 0 Å². The summed E-state index contributed by atoms with van der Waals surface area (Å²) in [6, 6.07) is 4.58. The Morgan fingerprint density at radius 3 is 2.89 bits per heavy atom. The molecule has 2 N–H and O–H groups in total. The number of nitro groups is 1. The number of amides is 1. The van der Waals surface area contributed by atoms with E-state index in [1.54, 1.807) is 13.0 Å². The summed E-state index contributed by atoms with van der Waals surface area (Å²) in [5.41, 5.74) is 0.750. The van der Waals surface area contributed by atoms with Crippen LogP contribution in [0.4, 0.5) is 11.4 Å².